The zero-order chi connectivity index (χ0) is 30.5. The predicted octanol–water partition coefficient (Wildman–Crippen LogP) is 6.13. The highest BCUT2D eigenvalue weighted by molar-refractivity contribution is 7.89. The number of hydrogen-bond acceptors (Lipinski definition) is 5. The lowest BCUT2D eigenvalue weighted by Crippen LogP contribution is -2.47. The van der Waals surface area contributed by atoms with Crippen molar-refractivity contribution in [1.82, 2.24) is 14.1 Å². The van der Waals surface area contributed by atoms with E-state index >= 15 is 0 Å². The summed E-state index contributed by atoms with van der Waals surface area (Å²) in [5, 5.41) is 0.249. The number of halogens is 2. The average molecular weight is 634 g/mol. The molecule has 2 aromatic carbocycles. The number of piperidine rings is 2. The summed E-state index contributed by atoms with van der Waals surface area (Å²) in [6, 6.07) is 11.7. The first-order chi connectivity index (χ1) is 20.7. The zero-order valence-corrected chi connectivity index (χ0v) is 26.9. The van der Waals surface area contributed by atoms with Gasteiger partial charge in [0.25, 0.3) is 0 Å². The van der Waals surface area contributed by atoms with E-state index in [4.69, 9.17) is 16.3 Å². The average Bonchev–Trinajstić information content (AvgIpc) is 3.51. The van der Waals surface area contributed by atoms with E-state index in [9.17, 15) is 17.6 Å². The highest BCUT2D eigenvalue weighted by Crippen LogP contribution is 2.38. The van der Waals surface area contributed by atoms with Crippen molar-refractivity contribution >= 4 is 27.5 Å². The molecule has 0 aromatic heterocycles. The van der Waals surface area contributed by atoms with Crippen LogP contribution in [0.3, 0.4) is 0 Å². The highest BCUT2D eigenvalue weighted by Gasteiger charge is 2.39. The van der Waals surface area contributed by atoms with Crippen LogP contribution in [-0.2, 0) is 25.2 Å². The first-order valence-corrected chi connectivity index (χ1v) is 17.7. The van der Waals surface area contributed by atoms with Gasteiger partial charge >= 0.3 is 0 Å². The standard InChI is InChI=1S/C33H45ClFN3O4S/c1-26-9-6-14-30(34)32(26)43(40,41)38-20-3-2-12-29(38)13-8-15-31(39)37-21-16-33(17-22-37,27-10-7-11-28(35)25-27)42-24-23-36-18-4-5-19-36/h6-7,9-11,14,25,29H,2-5,8,12-13,15-24H2,1H3. The van der Waals surface area contributed by atoms with E-state index < -0.39 is 15.6 Å². The Bertz CT molecular complexity index is 1340. The minimum absolute atomic E-state index is 0.0806. The zero-order valence-electron chi connectivity index (χ0n) is 25.3. The SMILES string of the molecule is Cc1cccc(Cl)c1S(=O)(=O)N1CCCCC1CCCC(=O)N1CCC(OCCN2CCCC2)(c2cccc(F)c2)CC1. The Labute approximate surface area is 261 Å². The van der Waals surface area contributed by atoms with Crippen LogP contribution in [-0.4, -0.2) is 80.3 Å². The molecule has 0 bridgehead atoms. The third-order valence-electron chi connectivity index (χ3n) is 9.49. The number of carbonyl (C=O) groups excluding carboxylic acids is 1. The van der Waals surface area contributed by atoms with Crippen LogP contribution in [0, 0.1) is 12.7 Å². The molecule has 0 spiro atoms. The van der Waals surface area contributed by atoms with Crippen molar-refractivity contribution in [3.8, 4) is 0 Å². The third-order valence-corrected chi connectivity index (χ3v) is 12.1. The molecular weight excluding hydrogens is 589 g/mol. The third kappa shape index (κ3) is 7.61. The van der Waals surface area contributed by atoms with Gasteiger partial charge in [0, 0.05) is 38.6 Å². The van der Waals surface area contributed by atoms with Crippen molar-refractivity contribution in [2.45, 2.75) is 87.7 Å². The monoisotopic (exact) mass is 633 g/mol. The van der Waals surface area contributed by atoms with Crippen LogP contribution in [0.25, 0.3) is 0 Å². The Balaban J connectivity index is 1.17. The molecule has 3 aliphatic rings. The quantitative estimate of drug-likeness (QED) is 0.298. The number of carbonyl (C=O) groups is 1. The molecular formula is C33H45ClFN3O4S. The van der Waals surface area contributed by atoms with Crippen molar-refractivity contribution in [2.75, 3.05) is 45.9 Å². The maximum Gasteiger partial charge on any atom is 0.245 e. The van der Waals surface area contributed by atoms with Crippen LogP contribution >= 0.6 is 11.6 Å². The van der Waals surface area contributed by atoms with Gasteiger partial charge in [0.15, 0.2) is 0 Å². The molecule has 1 atom stereocenters. The summed E-state index contributed by atoms with van der Waals surface area (Å²) in [7, 11) is -3.74. The Morgan fingerprint density at radius 3 is 2.47 bits per heavy atom. The molecule has 0 aliphatic carbocycles. The molecule has 3 heterocycles. The van der Waals surface area contributed by atoms with Gasteiger partial charge in [-0.05, 0) is 101 Å². The number of ether oxygens (including phenoxy) is 1. The molecule has 2 aromatic rings. The van der Waals surface area contributed by atoms with Crippen LogP contribution < -0.4 is 0 Å². The van der Waals surface area contributed by atoms with Crippen LogP contribution in [0.15, 0.2) is 47.4 Å². The highest BCUT2D eigenvalue weighted by atomic mass is 35.5. The molecule has 5 rings (SSSR count). The van der Waals surface area contributed by atoms with E-state index in [1.165, 1.54) is 18.9 Å². The van der Waals surface area contributed by atoms with Gasteiger partial charge in [0.05, 0.1) is 17.2 Å². The van der Waals surface area contributed by atoms with Gasteiger partial charge in [-0.2, -0.15) is 4.31 Å². The number of likely N-dealkylation sites (tertiary alicyclic amines) is 2. The lowest BCUT2D eigenvalue weighted by molar-refractivity contribution is -0.140. The Morgan fingerprint density at radius 1 is 1.02 bits per heavy atom. The molecule has 1 amide bonds. The maximum absolute atomic E-state index is 14.2. The number of benzene rings is 2. The van der Waals surface area contributed by atoms with Gasteiger partial charge in [0.1, 0.15) is 10.7 Å². The Kier molecular flexibility index (Phi) is 10.8. The number of rotatable bonds is 11. The van der Waals surface area contributed by atoms with Gasteiger partial charge in [-0.1, -0.05) is 42.3 Å². The fraction of sp³-hybridized carbons (Fsp3) is 0.606. The largest absolute Gasteiger partial charge is 0.369 e. The van der Waals surface area contributed by atoms with Gasteiger partial charge in [-0.3, -0.25) is 4.79 Å². The second kappa shape index (κ2) is 14.4. The number of amides is 1. The van der Waals surface area contributed by atoms with E-state index in [1.807, 2.05) is 11.0 Å². The molecule has 1 unspecified atom stereocenters. The number of sulfonamides is 1. The van der Waals surface area contributed by atoms with Gasteiger partial charge in [-0.15, -0.1) is 0 Å². The van der Waals surface area contributed by atoms with Crippen LogP contribution in [0.4, 0.5) is 4.39 Å². The van der Waals surface area contributed by atoms with Crippen molar-refractivity contribution in [3.63, 3.8) is 0 Å². The Hall–Kier alpha value is -2.04. The van der Waals surface area contributed by atoms with Gasteiger partial charge < -0.3 is 14.5 Å². The maximum atomic E-state index is 14.2. The summed E-state index contributed by atoms with van der Waals surface area (Å²) < 4.78 is 49.7. The molecule has 10 heteroatoms. The van der Waals surface area contributed by atoms with E-state index in [-0.39, 0.29) is 27.7 Å². The number of aryl methyl sites for hydroxylation is 1. The molecule has 7 nitrogen and oxygen atoms in total. The second-order valence-electron chi connectivity index (χ2n) is 12.3. The predicted molar refractivity (Wildman–Crippen MR) is 167 cm³/mol. The smallest absolute Gasteiger partial charge is 0.245 e. The molecule has 3 fully saturated rings. The summed E-state index contributed by atoms with van der Waals surface area (Å²) in [4.78, 5) is 17.8. The van der Waals surface area contributed by atoms with Crippen molar-refractivity contribution in [2.24, 2.45) is 0 Å². The van der Waals surface area contributed by atoms with Crippen LogP contribution in [0.5, 0.6) is 0 Å². The molecule has 0 saturated carbocycles. The summed E-state index contributed by atoms with van der Waals surface area (Å²) >= 11 is 6.35. The molecule has 236 valence electrons. The first-order valence-electron chi connectivity index (χ1n) is 15.9. The lowest BCUT2D eigenvalue weighted by Gasteiger charge is -2.42. The van der Waals surface area contributed by atoms with Crippen molar-refractivity contribution < 1.29 is 22.3 Å². The van der Waals surface area contributed by atoms with E-state index in [2.05, 4.69) is 4.90 Å². The number of nitrogens with zero attached hydrogens (tertiary/aromatic N) is 3. The second-order valence-corrected chi connectivity index (χ2v) is 14.6. The Morgan fingerprint density at radius 2 is 1.74 bits per heavy atom. The molecule has 3 saturated heterocycles. The molecule has 0 N–H and O–H groups in total. The lowest BCUT2D eigenvalue weighted by atomic mass is 9.83. The van der Waals surface area contributed by atoms with Crippen molar-refractivity contribution in [3.05, 3.63) is 64.4 Å². The minimum Gasteiger partial charge on any atom is -0.369 e. The van der Waals surface area contributed by atoms with E-state index in [1.54, 1.807) is 41.6 Å². The minimum atomic E-state index is -3.74. The molecule has 3 aliphatic heterocycles. The van der Waals surface area contributed by atoms with Crippen LogP contribution in [0.2, 0.25) is 5.02 Å². The van der Waals surface area contributed by atoms with E-state index in [0.717, 1.165) is 44.5 Å². The normalized spacial score (nSPS) is 21.7. The summed E-state index contributed by atoms with van der Waals surface area (Å²) in [5.74, 6) is -0.195. The fourth-order valence-electron chi connectivity index (χ4n) is 7.07. The van der Waals surface area contributed by atoms with Crippen molar-refractivity contribution in [1.29, 1.82) is 0 Å². The van der Waals surface area contributed by atoms with Crippen LogP contribution in [0.1, 0.15) is 75.3 Å². The molecule has 43 heavy (non-hydrogen) atoms. The first kappa shape index (κ1) is 32.4. The van der Waals surface area contributed by atoms with Gasteiger partial charge in [0.2, 0.25) is 15.9 Å². The topological polar surface area (TPSA) is 70.2 Å². The summed E-state index contributed by atoms with van der Waals surface area (Å²) in [5.41, 5.74) is 0.881. The fourth-order valence-corrected chi connectivity index (χ4v) is 9.58. The number of hydrogen-bond donors (Lipinski definition) is 0. The summed E-state index contributed by atoms with van der Waals surface area (Å²) in [6.07, 6.45) is 7.89. The summed E-state index contributed by atoms with van der Waals surface area (Å²) in [6.45, 7) is 6.99. The van der Waals surface area contributed by atoms with E-state index in [0.29, 0.717) is 63.9 Å². The van der Waals surface area contributed by atoms with Gasteiger partial charge in [-0.25, -0.2) is 12.8 Å². The molecule has 0 radical (unpaired) electrons.